The van der Waals surface area contributed by atoms with Crippen molar-refractivity contribution in [1.29, 1.82) is 0 Å². The predicted molar refractivity (Wildman–Crippen MR) is 118 cm³/mol. The Hall–Kier alpha value is -2.34. The highest BCUT2D eigenvalue weighted by Crippen LogP contribution is 2.27. The lowest BCUT2D eigenvalue weighted by Crippen LogP contribution is -2.37. The highest BCUT2D eigenvalue weighted by molar-refractivity contribution is 6.30. The van der Waals surface area contributed by atoms with Gasteiger partial charge in [-0.15, -0.1) is 0 Å². The molecule has 1 saturated carbocycles. The summed E-state index contributed by atoms with van der Waals surface area (Å²) < 4.78 is 0. The molecule has 7 heteroatoms. The second kappa shape index (κ2) is 9.44. The maximum atomic E-state index is 12.7. The van der Waals surface area contributed by atoms with Gasteiger partial charge in [-0.05, 0) is 57.2 Å². The molecule has 1 atom stereocenters. The fourth-order valence-corrected chi connectivity index (χ4v) is 3.93. The van der Waals surface area contributed by atoms with Gasteiger partial charge in [0.15, 0.2) is 0 Å². The van der Waals surface area contributed by atoms with Gasteiger partial charge in [0.1, 0.15) is 5.82 Å². The second-order valence-electron chi connectivity index (χ2n) is 8.07. The van der Waals surface area contributed by atoms with Gasteiger partial charge in [0.2, 0.25) is 11.9 Å². The molecule has 6 nitrogen and oxygen atoms in total. The van der Waals surface area contributed by atoms with Crippen molar-refractivity contribution in [2.24, 2.45) is 5.92 Å². The van der Waals surface area contributed by atoms with E-state index in [1.165, 1.54) is 0 Å². The highest BCUT2D eigenvalue weighted by atomic mass is 35.5. The molecule has 0 unspecified atom stereocenters. The van der Waals surface area contributed by atoms with Crippen molar-refractivity contribution >= 4 is 29.3 Å². The Morgan fingerprint density at radius 3 is 2.45 bits per heavy atom. The lowest BCUT2D eigenvalue weighted by Gasteiger charge is -2.29. The fourth-order valence-electron chi connectivity index (χ4n) is 3.80. The number of nitrogens with one attached hydrogen (secondary N) is 2. The van der Waals surface area contributed by atoms with E-state index in [1.807, 2.05) is 63.3 Å². The monoisotopic (exact) mass is 415 g/mol. The molecule has 1 amide bonds. The van der Waals surface area contributed by atoms with Crippen LogP contribution >= 0.6 is 11.6 Å². The predicted octanol–water partition coefficient (Wildman–Crippen LogP) is 4.35. The highest BCUT2D eigenvalue weighted by Gasteiger charge is 2.27. The van der Waals surface area contributed by atoms with Crippen molar-refractivity contribution in [2.45, 2.75) is 51.6 Å². The molecule has 0 radical (unpaired) electrons. The number of amides is 1. The summed E-state index contributed by atoms with van der Waals surface area (Å²) in [5, 5.41) is 7.29. The van der Waals surface area contributed by atoms with Crippen molar-refractivity contribution in [3.05, 3.63) is 46.6 Å². The third-order valence-electron chi connectivity index (χ3n) is 5.53. The molecule has 1 aliphatic carbocycles. The lowest BCUT2D eigenvalue weighted by atomic mass is 9.85. The minimum atomic E-state index is -0.0268. The molecule has 29 heavy (non-hydrogen) atoms. The Kier molecular flexibility index (Phi) is 6.96. The molecule has 0 bridgehead atoms. The van der Waals surface area contributed by atoms with E-state index in [9.17, 15) is 4.79 Å². The van der Waals surface area contributed by atoms with E-state index >= 15 is 0 Å². The topological polar surface area (TPSA) is 70.1 Å². The van der Waals surface area contributed by atoms with Crippen LogP contribution in [0.5, 0.6) is 0 Å². The molecule has 1 aromatic carbocycles. The lowest BCUT2D eigenvalue weighted by molar-refractivity contribution is -0.126. The quantitative estimate of drug-likeness (QED) is 0.733. The molecule has 2 aromatic rings. The number of carbonyl (C=O) groups excluding carboxylic acids is 1. The third kappa shape index (κ3) is 5.60. The summed E-state index contributed by atoms with van der Waals surface area (Å²) in [5.41, 5.74) is 2.11. The zero-order chi connectivity index (χ0) is 21.0. The van der Waals surface area contributed by atoms with E-state index in [-0.39, 0.29) is 17.9 Å². The molecular weight excluding hydrogens is 386 g/mol. The van der Waals surface area contributed by atoms with Gasteiger partial charge in [-0.25, -0.2) is 4.98 Å². The number of hydrogen-bond acceptors (Lipinski definition) is 5. The van der Waals surface area contributed by atoms with E-state index < -0.39 is 0 Å². The minimum Gasteiger partial charge on any atom is -0.362 e. The Bertz CT molecular complexity index is 832. The van der Waals surface area contributed by atoms with Crippen LogP contribution in [0.25, 0.3) is 0 Å². The Labute approximate surface area is 178 Å². The van der Waals surface area contributed by atoms with Gasteiger partial charge in [-0.1, -0.05) is 23.7 Å². The van der Waals surface area contributed by atoms with Gasteiger partial charge in [0.05, 0.1) is 6.04 Å². The van der Waals surface area contributed by atoms with Crippen LogP contribution in [0.15, 0.2) is 30.5 Å². The average Bonchev–Trinajstić information content (AvgIpc) is 2.70. The summed E-state index contributed by atoms with van der Waals surface area (Å²) in [4.78, 5) is 23.7. The van der Waals surface area contributed by atoms with Crippen LogP contribution in [-0.2, 0) is 4.79 Å². The summed E-state index contributed by atoms with van der Waals surface area (Å²) in [7, 11) is 3.96. The first-order valence-electron chi connectivity index (χ1n) is 10.2. The van der Waals surface area contributed by atoms with Crippen molar-refractivity contribution in [1.82, 2.24) is 15.3 Å². The normalized spacial score (nSPS) is 20.0. The number of anilines is 2. The van der Waals surface area contributed by atoms with E-state index in [4.69, 9.17) is 11.6 Å². The van der Waals surface area contributed by atoms with Crippen LogP contribution in [0.4, 0.5) is 11.8 Å². The van der Waals surface area contributed by atoms with Gasteiger partial charge in [0, 0.05) is 42.8 Å². The van der Waals surface area contributed by atoms with Crippen LogP contribution in [0.1, 0.15) is 49.8 Å². The number of carbonyl (C=O) groups is 1. The molecule has 1 aromatic heterocycles. The van der Waals surface area contributed by atoms with Gasteiger partial charge in [-0.2, -0.15) is 4.98 Å². The number of aromatic nitrogens is 2. The summed E-state index contributed by atoms with van der Waals surface area (Å²) in [6, 6.07) is 7.89. The van der Waals surface area contributed by atoms with Crippen LogP contribution in [0.2, 0.25) is 5.02 Å². The molecule has 1 aliphatic rings. The van der Waals surface area contributed by atoms with Crippen molar-refractivity contribution in [3.63, 3.8) is 0 Å². The molecule has 3 rings (SSSR count). The van der Waals surface area contributed by atoms with E-state index in [1.54, 1.807) is 0 Å². The van der Waals surface area contributed by atoms with Crippen LogP contribution in [0.3, 0.4) is 0 Å². The van der Waals surface area contributed by atoms with Gasteiger partial charge in [0.25, 0.3) is 0 Å². The Balaban J connectivity index is 1.50. The number of aryl methyl sites for hydroxylation is 1. The smallest absolute Gasteiger partial charge is 0.224 e. The number of nitrogens with zero attached hydrogens (tertiary/aromatic N) is 3. The summed E-state index contributed by atoms with van der Waals surface area (Å²) in [6.07, 6.45) is 5.44. The van der Waals surface area contributed by atoms with E-state index in [0.717, 1.165) is 42.6 Å². The summed E-state index contributed by atoms with van der Waals surface area (Å²) >= 11 is 5.94. The Morgan fingerprint density at radius 2 is 1.83 bits per heavy atom. The number of hydrogen-bond donors (Lipinski definition) is 2. The number of benzene rings is 1. The van der Waals surface area contributed by atoms with Crippen LogP contribution in [-0.4, -0.2) is 36.0 Å². The molecule has 1 heterocycles. The van der Waals surface area contributed by atoms with E-state index in [0.29, 0.717) is 17.0 Å². The standard InChI is InChI=1S/C22H30ClN5O/c1-14-13-24-22(27-20(14)28(3)4)26-19-11-7-17(8-12-19)21(29)25-15(2)16-5-9-18(23)10-6-16/h5-6,9-10,13,15,17,19H,7-8,11-12H2,1-4H3,(H,25,29)(H,24,26,27)/t15-,17?,19?/m0/s1. The maximum absolute atomic E-state index is 12.7. The first kappa shape index (κ1) is 21.4. The zero-order valence-electron chi connectivity index (χ0n) is 17.6. The zero-order valence-corrected chi connectivity index (χ0v) is 18.3. The van der Waals surface area contributed by atoms with Gasteiger partial charge in [-0.3, -0.25) is 4.79 Å². The average molecular weight is 416 g/mol. The second-order valence-corrected chi connectivity index (χ2v) is 8.51. The van der Waals surface area contributed by atoms with Gasteiger partial charge >= 0.3 is 0 Å². The maximum Gasteiger partial charge on any atom is 0.224 e. The SMILES string of the molecule is Cc1cnc(NC2CCC(C(=O)N[C@@H](C)c3ccc(Cl)cc3)CC2)nc1N(C)C. The van der Waals surface area contributed by atoms with Crippen LogP contribution in [0, 0.1) is 12.8 Å². The minimum absolute atomic E-state index is 0.0268. The number of rotatable bonds is 6. The first-order chi connectivity index (χ1) is 13.8. The third-order valence-corrected chi connectivity index (χ3v) is 5.78. The first-order valence-corrected chi connectivity index (χ1v) is 10.5. The van der Waals surface area contributed by atoms with Gasteiger partial charge < -0.3 is 15.5 Å². The number of halogens is 1. The Morgan fingerprint density at radius 1 is 1.17 bits per heavy atom. The molecule has 2 N–H and O–H groups in total. The molecular formula is C22H30ClN5O. The fraction of sp³-hybridized carbons (Fsp3) is 0.500. The molecule has 0 saturated heterocycles. The largest absolute Gasteiger partial charge is 0.362 e. The van der Waals surface area contributed by atoms with Crippen LogP contribution < -0.4 is 15.5 Å². The summed E-state index contributed by atoms with van der Waals surface area (Å²) in [6.45, 7) is 4.01. The molecule has 156 valence electrons. The molecule has 1 fully saturated rings. The van der Waals surface area contributed by atoms with E-state index in [2.05, 4.69) is 20.6 Å². The molecule has 0 spiro atoms. The van der Waals surface area contributed by atoms with Crippen molar-refractivity contribution in [2.75, 3.05) is 24.3 Å². The summed E-state index contributed by atoms with van der Waals surface area (Å²) in [5.74, 6) is 1.77. The molecule has 0 aliphatic heterocycles. The van der Waals surface area contributed by atoms with Crippen molar-refractivity contribution in [3.8, 4) is 0 Å². The van der Waals surface area contributed by atoms with Crippen molar-refractivity contribution < 1.29 is 4.79 Å².